The van der Waals surface area contributed by atoms with E-state index in [4.69, 9.17) is 18.8 Å². The summed E-state index contributed by atoms with van der Waals surface area (Å²) >= 11 is 0. The van der Waals surface area contributed by atoms with Crippen molar-refractivity contribution < 1.29 is 8.83 Å². The number of fused-ring (bicyclic) bond motifs is 7. The van der Waals surface area contributed by atoms with E-state index in [1.807, 2.05) is 24.3 Å². The van der Waals surface area contributed by atoms with E-state index in [1.165, 1.54) is 27.2 Å². The molecular formula is C46H24N4O2. The van der Waals surface area contributed by atoms with Gasteiger partial charge in [0, 0.05) is 37.9 Å². The first-order valence-corrected chi connectivity index (χ1v) is 17.5. The minimum Gasteiger partial charge on any atom is -0.456 e. The number of benzene rings is 7. The van der Waals surface area contributed by atoms with Gasteiger partial charge in [-0.05, 0) is 59.7 Å². The Kier molecular flexibility index (Phi) is 4.78. The summed E-state index contributed by atoms with van der Waals surface area (Å²) < 4.78 is 17.9. The average molecular weight is 665 g/mol. The van der Waals surface area contributed by atoms with Crippen molar-refractivity contribution in [3.05, 3.63) is 146 Å². The molecule has 6 nitrogen and oxygen atoms in total. The van der Waals surface area contributed by atoms with Crippen LogP contribution in [0.3, 0.4) is 0 Å². The maximum absolute atomic E-state index is 6.62. The van der Waals surface area contributed by atoms with Crippen molar-refractivity contribution >= 4 is 93.1 Å². The Morgan fingerprint density at radius 2 is 1.13 bits per heavy atom. The third-order valence-electron chi connectivity index (χ3n) is 11.1. The van der Waals surface area contributed by atoms with Gasteiger partial charge in [-0.2, -0.15) is 0 Å². The third kappa shape index (κ3) is 3.17. The smallest absolute Gasteiger partial charge is 0.236 e. The Bertz CT molecular complexity index is 3580. The Hall–Kier alpha value is -7.18. The lowest BCUT2D eigenvalue weighted by Gasteiger charge is -2.13. The van der Waals surface area contributed by atoms with Crippen LogP contribution < -0.4 is 0 Å². The molecule has 7 aromatic carbocycles. The lowest BCUT2D eigenvalue weighted by atomic mass is 9.97. The van der Waals surface area contributed by atoms with Crippen molar-refractivity contribution in [2.45, 2.75) is 0 Å². The number of para-hydroxylation sites is 2. The molecule has 52 heavy (non-hydrogen) atoms. The molecule has 13 rings (SSSR count). The molecular weight excluding hydrogens is 641 g/mol. The van der Waals surface area contributed by atoms with Gasteiger partial charge in [0.25, 0.3) is 0 Å². The summed E-state index contributed by atoms with van der Waals surface area (Å²) in [7, 11) is 0. The molecule has 0 aliphatic heterocycles. The van der Waals surface area contributed by atoms with Crippen LogP contribution in [0.25, 0.3) is 121 Å². The van der Waals surface area contributed by atoms with Gasteiger partial charge in [0.05, 0.1) is 33.0 Å². The first-order chi connectivity index (χ1) is 25.8. The maximum atomic E-state index is 6.62. The maximum Gasteiger partial charge on any atom is 0.236 e. The third-order valence-corrected chi connectivity index (χ3v) is 11.1. The number of rotatable bonds is 3. The van der Waals surface area contributed by atoms with Crippen LogP contribution in [0.2, 0.25) is 0 Å². The van der Waals surface area contributed by atoms with Crippen molar-refractivity contribution in [3.8, 4) is 28.3 Å². The molecule has 0 aliphatic carbocycles. The van der Waals surface area contributed by atoms with Gasteiger partial charge in [-0.3, -0.25) is 4.57 Å². The van der Waals surface area contributed by atoms with E-state index in [0.717, 1.165) is 82.7 Å². The zero-order valence-electron chi connectivity index (χ0n) is 27.5. The molecule has 0 unspecified atom stereocenters. The second kappa shape index (κ2) is 9.33. The Morgan fingerprint density at radius 1 is 0.423 bits per heavy atom. The number of hydrogen-bond donors (Lipinski definition) is 0. The summed E-state index contributed by atoms with van der Waals surface area (Å²) in [6.45, 7) is 0. The highest BCUT2D eigenvalue weighted by molar-refractivity contribution is 6.37. The lowest BCUT2D eigenvalue weighted by Crippen LogP contribution is -2.03. The summed E-state index contributed by atoms with van der Waals surface area (Å²) in [4.78, 5) is 10.9. The van der Waals surface area contributed by atoms with Gasteiger partial charge in [0.15, 0.2) is 5.58 Å². The topological polar surface area (TPSA) is 61.4 Å². The molecule has 0 saturated carbocycles. The lowest BCUT2D eigenvalue weighted by molar-refractivity contribution is 0.666. The highest BCUT2D eigenvalue weighted by Crippen LogP contribution is 2.49. The second-order valence-electron chi connectivity index (χ2n) is 13.7. The van der Waals surface area contributed by atoms with E-state index in [2.05, 4.69) is 130 Å². The monoisotopic (exact) mass is 664 g/mol. The zero-order valence-corrected chi connectivity index (χ0v) is 27.5. The summed E-state index contributed by atoms with van der Waals surface area (Å²) in [5, 5.41) is 7.95. The van der Waals surface area contributed by atoms with Crippen molar-refractivity contribution in [3.63, 3.8) is 0 Å². The predicted octanol–water partition coefficient (Wildman–Crippen LogP) is 12.1. The molecule has 0 saturated heterocycles. The minimum absolute atomic E-state index is 0.590. The molecule has 6 heterocycles. The fraction of sp³-hybridized carbons (Fsp3) is 0. The van der Waals surface area contributed by atoms with Gasteiger partial charge in [-0.1, -0.05) is 97.1 Å². The van der Waals surface area contributed by atoms with E-state index in [9.17, 15) is 0 Å². The van der Waals surface area contributed by atoms with E-state index in [-0.39, 0.29) is 0 Å². The zero-order chi connectivity index (χ0) is 33.7. The van der Waals surface area contributed by atoms with Crippen molar-refractivity contribution in [1.29, 1.82) is 0 Å². The molecule has 13 aromatic rings. The number of furan rings is 2. The Morgan fingerprint density at radius 3 is 2.06 bits per heavy atom. The molecule has 0 atom stereocenters. The van der Waals surface area contributed by atoms with Gasteiger partial charge in [0.2, 0.25) is 5.95 Å². The van der Waals surface area contributed by atoms with Crippen LogP contribution in [0, 0.1) is 0 Å². The molecule has 0 N–H and O–H groups in total. The van der Waals surface area contributed by atoms with Crippen LogP contribution in [-0.4, -0.2) is 18.9 Å². The highest BCUT2D eigenvalue weighted by atomic mass is 16.3. The van der Waals surface area contributed by atoms with Gasteiger partial charge in [-0.25, -0.2) is 9.97 Å². The van der Waals surface area contributed by atoms with Crippen molar-refractivity contribution in [2.75, 3.05) is 0 Å². The summed E-state index contributed by atoms with van der Waals surface area (Å²) in [5.74, 6) is 0.590. The number of aromatic nitrogens is 4. The van der Waals surface area contributed by atoms with Crippen LogP contribution in [-0.2, 0) is 0 Å². The van der Waals surface area contributed by atoms with E-state index in [1.54, 1.807) is 0 Å². The summed E-state index contributed by atoms with van der Waals surface area (Å²) in [6, 6.07) is 50.9. The standard InChI is InChI=1S/C46H24N4O2/c1-2-11-25(12-3-1)26-13-4-5-15-28(26)42-45-43(30-16-7-9-19-35(30)52-45)48-46(47-42)50-33-23-24-37-41-38-32(18-10-20-36(38)51-37)49-31-17-8-6-14-27(31)29-21-22-34(50)40(39(33)41)44(29)49/h1-24H. The average Bonchev–Trinajstić information content (AvgIpc) is 3.93. The molecule has 0 aliphatic rings. The largest absolute Gasteiger partial charge is 0.456 e. The molecule has 0 radical (unpaired) electrons. The van der Waals surface area contributed by atoms with Gasteiger partial charge in [0.1, 0.15) is 28.0 Å². The fourth-order valence-corrected chi connectivity index (χ4v) is 9.00. The molecule has 240 valence electrons. The molecule has 6 aromatic heterocycles. The van der Waals surface area contributed by atoms with Crippen LogP contribution in [0.1, 0.15) is 0 Å². The SMILES string of the molecule is c1ccc(-c2ccccc2-c2nc(-n3c4ccc5oc6cccc7c6c5c4c4c3ccc3c5ccccc5n7c34)nc3c2oc2ccccc23)cc1. The van der Waals surface area contributed by atoms with Gasteiger partial charge in [-0.15, -0.1) is 0 Å². The summed E-state index contributed by atoms with van der Waals surface area (Å²) in [5.41, 5.74) is 13.5. The van der Waals surface area contributed by atoms with Crippen molar-refractivity contribution in [2.24, 2.45) is 0 Å². The molecule has 6 heteroatoms. The summed E-state index contributed by atoms with van der Waals surface area (Å²) in [6.07, 6.45) is 0. The highest BCUT2D eigenvalue weighted by Gasteiger charge is 2.28. The molecule has 0 amide bonds. The van der Waals surface area contributed by atoms with Crippen LogP contribution >= 0.6 is 0 Å². The van der Waals surface area contributed by atoms with E-state index < -0.39 is 0 Å². The minimum atomic E-state index is 0.590. The second-order valence-corrected chi connectivity index (χ2v) is 13.7. The van der Waals surface area contributed by atoms with Crippen LogP contribution in [0.15, 0.2) is 154 Å². The van der Waals surface area contributed by atoms with Crippen LogP contribution in [0.5, 0.6) is 0 Å². The van der Waals surface area contributed by atoms with Crippen LogP contribution in [0.4, 0.5) is 0 Å². The van der Waals surface area contributed by atoms with E-state index in [0.29, 0.717) is 11.5 Å². The molecule has 0 spiro atoms. The number of nitrogens with zero attached hydrogens (tertiary/aromatic N) is 4. The molecule has 0 fully saturated rings. The van der Waals surface area contributed by atoms with Gasteiger partial charge < -0.3 is 13.2 Å². The normalized spacial score (nSPS) is 12.6. The predicted molar refractivity (Wildman–Crippen MR) is 210 cm³/mol. The first-order valence-electron chi connectivity index (χ1n) is 17.5. The Labute approximate surface area is 294 Å². The fourth-order valence-electron chi connectivity index (χ4n) is 9.00. The van der Waals surface area contributed by atoms with Gasteiger partial charge >= 0.3 is 0 Å². The quantitative estimate of drug-likeness (QED) is 0.189. The number of hydrogen-bond acceptors (Lipinski definition) is 4. The first kappa shape index (κ1) is 26.7. The molecule has 0 bridgehead atoms. The van der Waals surface area contributed by atoms with E-state index >= 15 is 0 Å². The van der Waals surface area contributed by atoms with Crippen molar-refractivity contribution in [1.82, 2.24) is 18.9 Å². The Balaban J connectivity index is 1.24.